The van der Waals surface area contributed by atoms with Crippen molar-refractivity contribution < 1.29 is 4.79 Å². The number of halogens is 1. The molecule has 1 aromatic rings. The Morgan fingerprint density at radius 1 is 1.53 bits per heavy atom. The van der Waals surface area contributed by atoms with Gasteiger partial charge in [0.1, 0.15) is 5.82 Å². The molecule has 106 valence electrons. The van der Waals surface area contributed by atoms with E-state index in [1.165, 1.54) is 0 Å². The summed E-state index contributed by atoms with van der Waals surface area (Å²) in [5, 5.41) is 3.43. The van der Waals surface area contributed by atoms with Crippen LogP contribution in [0.15, 0.2) is 12.1 Å². The van der Waals surface area contributed by atoms with Gasteiger partial charge in [0, 0.05) is 12.6 Å². The third-order valence-corrected chi connectivity index (χ3v) is 2.92. The lowest BCUT2D eigenvalue weighted by atomic mass is 10.3. The lowest BCUT2D eigenvalue weighted by Gasteiger charge is -2.20. The van der Waals surface area contributed by atoms with E-state index in [0.717, 1.165) is 6.54 Å². The smallest absolute Gasteiger partial charge is 0.234 e. The average molecular weight is 285 g/mol. The summed E-state index contributed by atoms with van der Waals surface area (Å²) < 4.78 is 0. The molecule has 0 unspecified atom stereocenters. The second kappa shape index (κ2) is 7.31. The third kappa shape index (κ3) is 5.44. The van der Waals surface area contributed by atoms with Crippen LogP contribution in [0.25, 0.3) is 0 Å². The van der Waals surface area contributed by atoms with Crippen molar-refractivity contribution in [2.75, 3.05) is 18.8 Å². The first-order chi connectivity index (χ1) is 8.92. The molecule has 0 saturated carbocycles. The Kier molecular flexibility index (Phi) is 6.05. The van der Waals surface area contributed by atoms with Gasteiger partial charge in [-0.05, 0) is 32.5 Å². The van der Waals surface area contributed by atoms with Crippen molar-refractivity contribution in [2.24, 2.45) is 0 Å². The van der Waals surface area contributed by atoms with E-state index in [-0.39, 0.29) is 11.9 Å². The molecular formula is C13H21ClN4O. The fourth-order valence-corrected chi connectivity index (χ4v) is 1.84. The molecule has 19 heavy (non-hydrogen) atoms. The minimum Gasteiger partial charge on any atom is -0.384 e. The zero-order valence-corrected chi connectivity index (χ0v) is 12.4. The number of hydrogen-bond donors (Lipinski definition) is 2. The minimum absolute atomic E-state index is 0.00289. The molecule has 0 fully saturated rings. The summed E-state index contributed by atoms with van der Waals surface area (Å²) in [4.78, 5) is 17.9. The predicted molar refractivity (Wildman–Crippen MR) is 77.9 cm³/mol. The Morgan fingerprint density at radius 2 is 2.21 bits per heavy atom. The summed E-state index contributed by atoms with van der Waals surface area (Å²) in [6, 6.07) is 3.52. The molecule has 0 spiro atoms. The Hall–Kier alpha value is -1.33. The average Bonchev–Trinajstić information content (AvgIpc) is 2.31. The van der Waals surface area contributed by atoms with Crippen molar-refractivity contribution in [1.29, 1.82) is 0 Å². The van der Waals surface area contributed by atoms with Gasteiger partial charge in [0.25, 0.3) is 0 Å². The maximum atomic E-state index is 11.7. The molecule has 6 heteroatoms. The molecule has 0 atom stereocenters. The number of amides is 1. The minimum atomic E-state index is -0.00289. The van der Waals surface area contributed by atoms with E-state index in [9.17, 15) is 4.79 Å². The third-order valence-electron chi connectivity index (χ3n) is 2.58. The van der Waals surface area contributed by atoms with Crippen LogP contribution < -0.4 is 11.1 Å². The number of nitrogens with two attached hydrogens (primary N) is 1. The number of nitrogen functional groups attached to an aromatic ring is 1. The Bertz CT molecular complexity index is 437. The highest BCUT2D eigenvalue weighted by atomic mass is 35.5. The highest BCUT2D eigenvalue weighted by molar-refractivity contribution is 6.31. The van der Waals surface area contributed by atoms with Crippen molar-refractivity contribution in [3.8, 4) is 0 Å². The van der Waals surface area contributed by atoms with Crippen molar-refractivity contribution in [1.82, 2.24) is 15.2 Å². The molecule has 1 rings (SSSR count). The number of nitrogens with one attached hydrogen (secondary N) is 1. The second-order valence-electron chi connectivity index (χ2n) is 4.69. The molecular weight excluding hydrogens is 264 g/mol. The van der Waals surface area contributed by atoms with Crippen molar-refractivity contribution in [2.45, 2.75) is 33.4 Å². The van der Waals surface area contributed by atoms with Crippen molar-refractivity contribution in [3.63, 3.8) is 0 Å². The van der Waals surface area contributed by atoms with Gasteiger partial charge >= 0.3 is 0 Å². The molecule has 5 nitrogen and oxygen atoms in total. The van der Waals surface area contributed by atoms with Gasteiger partial charge in [-0.25, -0.2) is 4.98 Å². The second-order valence-corrected chi connectivity index (χ2v) is 5.10. The van der Waals surface area contributed by atoms with Gasteiger partial charge in [-0.15, -0.1) is 0 Å². The van der Waals surface area contributed by atoms with Crippen LogP contribution in [-0.2, 0) is 11.3 Å². The van der Waals surface area contributed by atoms with Crippen LogP contribution in [0.4, 0.5) is 5.82 Å². The number of carbonyl (C=O) groups excluding carboxylic acids is 1. The van der Waals surface area contributed by atoms with Gasteiger partial charge in [-0.3, -0.25) is 9.69 Å². The zero-order valence-electron chi connectivity index (χ0n) is 11.6. The number of anilines is 1. The molecule has 0 bridgehead atoms. The lowest BCUT2D eigenvalue weighted by molar-refractivity contribution is -0.122. The van der Waals surface area contributed by atoms with E-state index in [1.807, 2.05) is 25.7 Å². The summed E-state index contributed by atoms with van der Waals surface area (Å²) in [7, 11) is 0. The SMILES string of the molecule is CCN(CC(=O)NC(C)C)Cc1nc(N)ccc1Cl. The fraction of sp³-hybridized carbons (Fsp3) is 0.538. The van der Waals surface area contributed by atoms with Crippen LogP contribution in [0.2, 0.25) is 5.02 Å². The van der Waals surface area contributed by atoms with Gasteiger partial charge in [0.2, 0.25) is 5.91 Å². The lowest BCUT2D eigenvalue weighted by Crippen LogP contribution is -2.39. The summed E-state index contributed by atoms with van der Waals surface area (Å²) in [5.74, 6) is 0.430. The highest BCUT2D eigenvalue weighted by Gasteiger charge is 2.13. The number of hydrogen-bond acceptors (Lipinski definition) is 4. The van der Waals surface area contributed by atoms with E-state index < -0.39 is 0 Å². The molecule has 0 aliphatic carbocycles. The molecule has 1 amide bonds. The molecule has 0 radical (unpaired) electrons. The topological polar surface area (TPSA) is 71.2 Å². The van der Waals surface area contributed by atoms with Gasteiger partial charge in [-0.1, -0.05) is 18.5 Å². The van der Waals surface area contributed by atoms with E-state index >= 15 is 0 Å². The largest absolute Gasteiger partial charge is 0.384 e. The monoisotopic (exact) mass is 284 g/mol. The van der Waals surface area contributed by atoms with Gasteiger partial charge in [0.05, 0.1) is 17.3 Å². The normalized spacial score (nSPS) is 11.1. The zero-order chi connectivity index (χ0) is 14.4. The Labute approximate surface area is 119 Å². The van der Waals surface area contributed by atoms with Crippen LogP contribution in [0, 0.1) is 0 Å². The van der Waals surface area contributed by atoms with Crippen molar-refractivity contribution >= 4 is 23.3 Å². The molecule has 0 aliphatic rings. The maximum absolute atomic E-state index is 11.7. The van der Waals surface area contributed by atoms with Crippen molar-refractivity contribution in [3.05, 3.63) is 22.8 Å². The fourth-order valence-electron chi connectivity index (χ4n) is 1.67. The molecule has 1 aromatic heterocycles. The molecule has 1 heterocycles. The highest BCUT2D eigenvalue weighted by Crippen LogP contribution is 2.16. The summed E-state index contributed by atoms with van der Waals surface area (Å²) >= 11 is 6.07. The Balaban J connectivity index is 2.66. The first kappa shape index (κ1) is 15.7. The summed E-state index contributed by atoms with van der Waals surface area (Å²) in [5.41, 5.74) is 6.34. The standard InChI is InChI=1S/C13H21ClN4O/c1-4-18(8-13(19)16-9(2)3)7-11-10(14)5-6-12(15)17-11/h5-6,9H,4,7-8H2,1-3H3,(H2,15,17)(H,16,19). The summed E-state index contributed by atoms with van der Waals surface area (Å²) in [6.07, 6.45) is 0. The number of likely N-dealkylation sites (N-methyl/N-ethyl adjacent to an activating group) is 1. The Morgan fingerprint density at radius 3 is 2.79 bits per heavy atom. The maximum Gasteiger partial charge on any atom is 0.234 e. The van der Waals surface area contributed by atoms with Crippen LogP contribution in [0.1, 0.15) is 26.5 Å². The van der Waals surface area contributed by atoms with E-state index in [4.69, 9.17) is 17.3 Å². The van der Waals surface area contributed by atoms with E-state index in [0.29, 0.717) is 29.6 Å². The summed E-state index contributed by atoms with van der Waals surface area (Å²) in [6.45, 7) is 7.42. The van der Waals surface area contributed by atoms with E-state index in [1.54, 1.807) is 12.1 Å². The number of pyridine rings is 1. The quantitative estimate of drug-likeness (QED) is 0.833. The molecule has 0 saturated heterocycles. The van der Waals surface area contributed by atoms with Crippen LogP contribution in [-0.4, -0.2) is 34.9 Å². The molecule has 0 aromatic carbocycles. The first-order valence-corrected chi connectivity index (χ1v) is 6.72. The van der Waals surface area contributed by atoms with Gasteiger partial charge in [0.15, 0.2) is 0 Å². The number of carbonyl (C=O) groups is 1. The predicted octanol–water partition coefficient (Wildman–Crippen LogP) is 1.66. The molecule has 3 N–H and O–H groups in total. The van der Waals surface area contributed by atoms with Crippen LogP contribution in [0.3, 0.4) is 0 Å². The van der Waals surface area contributed by atoms with Gasteiger partial charge < -0.3 is 11.1 Å². The number of nitrogens with zero attached hydrogens (tertiary/aromatic N) is 2. The van der Waals surface area contributed by atoms with Crippen LogP contribution >= 0.6 is 11.6 Å². The first-order valence-electron chi connectivity index (χ1n) is 6.35. The van der Waals surface area contributed by atoms with Gasteiger partial charge in [-0.2, -0.15) is 0 Å². The number of aromatic nitrogens is 1. The van der Waals surface area contributed by atoms with E-state index in [2.05, 4.69) is 10.3 Å². The molecule has 0 aliphatic heterocycles. The van der Waals surface area contributed by atoms with Crippen LogP contribution in [0.5, 0.6) is 0 Å². The number of rotatable bonds is 6.